The number of rotatable bonds is 5. The Morgan fingerprint density at radius 3 is 2.52 bits per heavy atom. The molecule has 1 amide bonds. The molecule has 1 atom stereocenters. The highest BCUT2D eigenvalue weighted by molar-refractivity contribution is 5.90. The van der Waals surface area contributed by atoms with Crippen LogP contribution >= 0.6 is 0 Å². The first-order valence-corrected chi connectivity index (χ1v) is 8.47. The van der Waals surface area contributed by atoms with Gasteiger partial charge in [-0.15, -0.1) is 0 Å². The zero-order valence-corrected chi connectivity index (χ0v) is 15.2. The number of nitrogens with zero attached hydrogens (tertiary/aromatic N) is 1. The molecular formula is C21H24N2O2. The van der Waals surface area contributed by atoms with E-state index in [-0.39, 0.29) is 11.9 Å². The Hall–Kier alpha value is -2.75. The van der Waals surface area contributed by atoms with Gasteiger partial charge >= 0.3 is 0 Å². The number of ether oxygens (including phenoxy) is 1. The largest absolute Gasteiger partial charge is 0.497 e. The summed E-state index contributed by atoms with van der Waals surface area (Å²) in [5.41, 5.74) is 4.30. The summed E-state index contributed by atoms with van der Waals surface area (Å²) >= 11 is 0. The lowest BCUT2D eigenvalue weighted by atomic mass is 10.0. The average Bonchev–Trinajstić information content (AvgIpc) is 2.96. The fraction of sp³-hybridized carbons (Fsp3) is 0.286. The number of aromatic amines is 1. The predicted molar refractivity (Wildman–Crippen MR) is 101 cm³/mol. The zero-order chi connectivity index (χ0) is 18.0. The number of para-hydroxylation sites is 1. The summed E-state index contributed by atoms with van der Waals surface area (Å²) in [6, 6.07) is 16.0. The molecule has 1 heterocycles. The number of likely N-dealkylation sites (N-methyl/N-ethyl adjacent to an activating group) is 1. The number of hydrogen-bond acceptors (Lipinski definition) is 2. The lowest BCUT2D eigenvalue weighted by Crippen LogP contribution is -2.31. The van der Waals surface area contributed by atoms with Crippen LogP contribution in [0.1, 0.15) is 29.8 Å². The molecule has 3 rings (SSSR count). The summed E-state index contributed by atoms with van der Waals surface area (Å²) in [6.45, 7) is 4.07. The van der Waals surface area contributed by atoms with E-state index in [9.17, 15) is 4.79 Å². The first kappa shape index (κ1) is 17.1. The molecule has 1 N–H and O–H groups in total. The number of aryl methyl sites for hydroxylation is 1. The molecule has 0 aliphatic rings. The van der Waals surface area contributed by atoms with Crippen molar-refractivity contribution in [3.63, 3.8) is 0 Å². The number of nitrogens with one attached hydrogen (secondary N) is 1. The van der Waals surface area contributed by atoms with Gasteiger partial charge in [0.1, 0.15) is 5.75 Å². The van der Waals surface area contributed by atoms with Crippen molar-refractivity contribution < 1.29 is 9.53 Å². The number of aromatic nitrogens is 1. The van der Waals surface area contributed by atoms with E-state index < -0.39 is 0 Å². The number of fused-ring (bicyclic) bond motifs is 1. The van der Waals surface area contributed by atoms with Crippen molar-refractivity contribution in [1.82, 2.24) is 9.88 Å². The number of H-pyrrole nitrogens is 1. The van der Waals surface area contributed by atoms with Crippen molar-refractivity contribution in [3.05, 3.63) is 65.4 Å². The molecule has 25 heavy (non-hydrogen) atoms. The highest BCUT2D eigenvalue weighted by Crippen LogP contribution is 2.25. The second-order valence-corrected chi connectivity index (χ2v) is 6.40. The maximum absolute atomic E-state index is 12.8. The van der Waals surface area contributed by atoms with Crippen LogP contribution in [0.2, 0.25) is 0 Å². The van der Waals surface area contributed by atoms with E-state index in [1.165, 1.54) is 0 Å². The molecule has 4 nitrogen and oxygen atoms in total. The SMILES string of the molecule is COc1ccc(C(C)N(C)C(=O)Cc2c(C)[nH]c3ccccc23)cc1. The third-order valence-corrected chi connectivity index (χ3v) is 4.93. The van der Waals surface area contributed by atoms with Gasteiger partial charge in [0.05, 0.1) is 19.6 Å². The van der Waals surface area contributed by atoms with Crippen LogP contribution in [0.25, 0.3) is 10.9 Å². The molecule has 0 spiro atoms. The molecule has 4 heteroatoms. The number of carbonyl (C=O) groups is 1. The van der Waals surface area contributed by atoms with Gasteiger partial charge in [0.25, 0.3) is 0 Å². The maximum Gasteiger partial charge on any atom is 0.227 e. The molecule has 0 fully saturated rings. The van der Waals surface area contributed by atoms with Crippen molar-refractivity contribution in [1.29, 1.82) is 0 Å². The molecule has 1 unspecified atom stereocenters. The highest BCUT2D eigenvalue weighted by Gasteiger charge is 2.20. The molecule has 1 aromatic heterocycles. The van der Waals surface area contributed by atoms with E-state index in [0.29, 0.717) is 6.42 Å². The normalized spacial score (nSPS) is 12.2. The quantitative estimate of drug-likeness (QED) is 0.757. The van der Waals surface area contributed by atoms with Gasteiger partial charge in [0, 0.05) is 23.6 Å². The Morgan fingerprint density at radius 2 is 1.84 bits per heavy atom. The topological polar surface area (TPSA) is 45.3 Å². The van der Waals surface area contributed by atoms with Gasteiger partial charge in [0.15, 0.2) is 0 Å². The van der Waals surface area contributed by atoms with Gasteiger partial charge in [-0.25, -0.2) is 0 Å². The number of amides is 1. The average molecular weight is 336 g/mol. The van der Waals surface area contributed by atoms with Crippen LogP contribution in [0.15, 0.2) is 48.5 Å². The van der Waals surface area contributed by atoms with Crippen LogP contribution in [-0.2, 0) is 11.2 Å². The van der Waals surface area contributed by atoms with Gasteiger partial charge in [0.2, 0.25) is 5.91 Å². The lowest BCUT2D eigenvalue weighted by molar-refractivity contribution is -0.131. The smallest absolute Gasteiger partial charge is 0.227 e. The van der Waals surface area contributed by atoms with E-state index in [0.717, 1.165) is 33.5 Å². The summed E-state index contributed by atoms with van der Waals surface area (Å²) in [7, 11) is 3.51. The fourth-order valence-corrected chi connectivity index (χ4v) is 3.16. The first-order valence-electron chi connectivity index (χ1n) is 8.47. The van der Waals surface area contributed by atoms with Crippen LogP contribution in [-0.4, -0.2) is 29.9 Å². The Labute approximate surface area is 148 Å². The van der Waals surface area contributed by atoms with Crippen molar-refractivity contribution in [2.75, 3.05) is 14.2 Å². The molecule has 130 valence electrons. The minimum Gasteiger partial charge on any atom is -0.497 e. The van der Waals surface area contributed by atoms with E-state index in [4.69, 9.17) is 4.74 Å². The van der Waals surface area contributed by atoms with Crippen LogP contribution < -0.4 is 4.74 Å². The van der Waals surface area contributed by atoms with E-state index in [1.807, 2.05) is 68.3 Å². The van der Waals surface area contributed by atoms with E-state index in [1.54, 1.807) is 7.11 Å². The van der Waals surface area contributed by atoms with Crippen molar-refractivity contribution in [2.24, 2.45) is 0 Å². The first-order chi connectivity index (χ1) is 12.0. The maximum atomic E-state index is 12.8. The minimum absolute atomic E-state index is 0.00363. The van der Waals surface area contributed by atoms with Crippen LogP contribution in [0.5, 0.6) is 5.75 Å². The summed E-state index contributed by atoms with van der Waals surface area (Å²) < 4.78 is 5.20. The standard InChI is InChI=1S/C21H24N2O2/c1-14-19(18-7-5-6-8-20(18)22-14)13-21(24)23(3)15(2)16-9-11-17(25-4)12-10-16/h5-12,15,22H,13H2,1-4H3. The van der Waals surface area contributed by atoms with Gasteiger partial charge in [-0.3, -0.25) is 4.79 Å². The molecule has 0 saturated heterocycles. The van der Waals surface area contributed by atoms with Crippen LogP contribution in [0.4, 0.5) is 0 Å². The summed E-state index contributed by atoms with van der Waals surface area (Å²) in [5, 5.41) is 1.12. The molecule has 3 aromatic rings. The Bertz CT molecular complexity index is 881. The van der Waals surface area contributed by atoms with Crippen LogP contribution in [0.3, 0.4) is 0 Å². The molecule has 0 bridgehead atoms. The second kappa shape index (κ2) is 7.01. The third kappa shape index (κ3) is 3.38. The Morgan fingerprint density at radius 1 is 1.16 bits per heavy atom. The summed E-state index contributed by atoms with van der Waals surface area (Å²) in [5.74, 6) is 0.926. The summed E-state index contributed by atoms with van der Waals surface area (Å²) in [4.78, 5) is 18.0. The molecule has 2 aromatic carbocycles. The second-order valence-electron chi connectivity index (χ2n) is 6.40. The fourth-order valence-electron chi connectivity index (χ4n) is 3.16. The number of hydrogen-bond donors (Lipinski definition) is 1. The predicted octanol–water partition coefficient (Wildman–Crippen LogP) is 4.25. The van der Waals surface area contributed by atoms with E-state index >= 15 is 0 Å². The van der Waals surface area contributed by atoms with Crippen LogP contribution in [0, 0.1) is 6.92 Å². The molecule has 0 radical (unpaired) electrons. The third-order valence-electron chi connectivity index (χ3n) is 4.93. The minimum atomic E-state index is 0.00363. The highest BCUT2D eigenvalue weighted by atomic mass is 16.5. The van der Waals surface area contributed by atoms with Crippen molar-refractivity contribution >= 4 is 16.8 Å². The van der Waals surface area contributed by atoms with Gasteiger partial charge in [-0.05, 0) is 43.2 Å². The Balaban J connectivity index is 1.78. The Kier molecular flexibility index (Phi) is 4.79. The number of carbonyl (C=O) groups excluding carboxylic acids is 1. The summed E-state index contributed by atoms with van der Waals surface area (Å²) in [6.07, 6.45) is 0.396. The molecule has 0 aliphatic heterocycles. The molecule has 0 saturated carbocycles. The zero-order valence-electron chi connectivity index (χ0n) is 15.2. The van der Waals surface area contributed by atoms with Gasteiger partial charge in [-0.2, -0.15) is 0 Å². The number of methoxy groups -OCH3 is 1. The molecule has 0 aliphatic carbocycles. The molecular weight excluding hydrogens is 312 g/mol. The monoisotopic (exact) mass is 336 g/mol. The van der Waals surface area contributed by atoms with Gasteiger partial charge in [-0.1, -0.05) is 30.3 Å². The van der Waals surface area contributed by atoms with Crippen molar-refractivity contribution in [3.8, 4) is 5.75 Å². The van der Waals surface area contributed by atoms with Gasteiger partial charge < -0.3 is 14.6 Å². The van der Waals surface area contributed by atoms with Crippen molar-refractivity contribution in [2.45, 2.75) is 26.3 Å². The number of benzene rings is 2. The lowest BCUT2D eigenvalue weighted by Gasteiger charge is -2.25. The van der Waals surface area contributed by atoms with E-state index in [2.05, 4.69) is 11.1 Å².